The van der Waals surface area contributed by atoms with Gasteiger partial charge in [-0.2, -0.15) is 0 Å². The SMILES string of the molecule is CC1CCCCN1CC1=NC(=O)/C(=C\c2ccc3c(c2)OCO3)S1. The number of hydrogen-bond donors (Lipinski definition) is 0. The van der Waals surface area contributed by atoms with Crippen LogP contribution in [0.3, 0.4) is 0 Å². The molecule has 1 aromatic carbocycles. The summed E-state index contributed by atoms with van der Waals surface area (Å²) in [6.45, 7) is 4.38. The number of piperidine rings is 1. The molecule has 0 N–H and O–H groups in total. The van der Waals surface area contributed by atoms with Crippen molar-refractivity contribution in [2.24, 2.45) is 4.99 Å². The van der Waals surface area contributed by atoms with Gasteiger partial charge in [-0.25, -0.2) is 4.99 Å². The second-order valence-corrected chi connectivity index (χ2v) is 7.46. The van der Waals surface area contributed by atoms with Gasteiger partial charge in [0.15, 0.2) is 11.5 Å². The molecule has 0 spiro atoms. The molecule has 1 aromatic rings. The predicted octanol–water partition coefficient (Wildman–Crippen LogP) is 3.30. The van der Waals surface area contributed by atoms with Crippen LogP contribution in [-0.2, 0) is 4.79 Å². The van der Waals surface area contributed by atoms with Gasteiger partial charge in [-0.1, -0.05) is 24.2 Å². The number of hydrogen-bond acceptors (Lipinski definition) is 5. The van der Waals surface area contributed by atoms with Gasteiger partial charge in [-0.05, 0) is 50.1 Å². The maximum Gasteiger partial charge on any atom is 0.284 e. The van der Waals surface area contributed by atoms with Crippen LogP contribution in [0.25, 0.3) is 6.08 Å². The lowest BCUT2D eigenvalue weighted by Gasteiger charge is -2.32. The van der Waals surface area contributed by atoms with Crippen LogP contribution in [-0.4, -0.2) is 41.8 Å². The van der Waals surface area contributed by atoms with E-state index in [0.717, 1.165) is 35.2 Å². The summed E-state index contributed by atoms with van der Waals surface area (Å²) in [4.78, 5) is 19.5. The van der Waals surface area contributed by atoms with Crippen LogP contribution in [0.1, 0.15) is 31.7 Å². The highest BCUT2D eigenvalue weighted by Gasteiger charge is 2.26. The first-order valence-corrected chi connectivity index (χ1v) is 9.16. The molecule has 24 heavy (non-hydrogen) atoms. The number of fused-ring (bicyclic) bond motifs is 1. The smallest absolute Gasteiger partial charge is 0.284 e. The summed E-state index contributed by atoms with van der Waals surface area (Å²) in [6, 6.07) is 6.27. The molecular weight excluding hydrogens is 324 g/mol. The first-order chi connectivity index (χ1) is 11.7. The molecule has 0 bridgehead atoms. The molecule has 0 aromatic heterocycles. The topological polar surface area (TPSA) is 51.1 Å². The summed E-state index contributed by atoms with van der Waals surface area (Å²) < 4.78 is 10.7. The van der Waals surface area contributed by atoms with Crippen LogP contribution >= 0.6 is 11.8 Å². The van der Waals surface area contributed by atoms with Crippen molar-refractivity contribution in [2.45, 2.75) is 32.2 Å². The van der Waals surface area contributed by atoms with Gasteiger partial charge in [0.25, 0.3) is 5.91 Å². The molecule has 1 unspecified atom stereocenters. The molecule has 0 saturated carbocycles. The Labute approximate surface area is 145 Å². The van der Waals surface area contributed by atoms with Crippen molar-refractivity contribution in [1.29, 1.82) is 0 Å². The number of ether oxygens (including phenoxy) is 2. The van der Waals surface area contributed by atoms with Gasteiger partial charge in [0.1, 0.15) is 0 Å². The molecule has 3 heterocycles. The average Bonchev–Trinajstić information content (AvgIpc) is 3.16. The number of rotatable bonds is 3. The quantitative estimate of drug-likeness (QED) is 0.788. The fourth-order valence-corrected chi connectivity index (χ4v) is 4.18. The Bertz CT molecular complexity index is 729. The minimum absolute atomic E-state index is 0.141. The maximum absolute atomic E-state index is 12.2. The van der Waals surface area contributed by atoms with Crippen LogP contribution in [0.2, 0.25) is 0 Å². The Morgan fingerprint density at radius 1 is 1.33 bits per heavy atom. The minimum Gasteiger partial charge on any atom is -0.454 e. The lowest BCUT2D eigenvalue weighted by atomic mass is 10.0. The zero-order chi connectivity index (χ0) is 16.5. The summed E-state index contributed by atoms with van der Waals surface area (Å²) in [5.41, 5.74) is 0.929. The number of carbonyl (C=O) groups is 1. The average molecular weight is 344 g/mol. The van der Waals surface area contributed by atoms with Gasteiger partial charge < -0.3 is 9.47 Å². The van der Waals surface area contributed by atoms with Gasteiger partial charge >= 0.3 is 0 Å². The Hall–Kier alpha value is -1.79. The zero-order valence-electron chi connectivity index (χ0n) is 13.7. The van der Waals surface area contributed by atoms with Gasteiger partial charge in [-0.3, -0.25) is 9.69 Å². The zero-order valence-corrected chi connectivity index (χ0v) is 14.5. The number of amides is 1. The molecule has 0 radical (unpaired) electrons. The highest BCUT2D eigenvalue weighted by Crippen LogP contribution is 2.35. The van der Waals surface area contributed by atoms with Gasteiger partial charge in [0, 0.05) is 12.6 Å². The van der Waals surface area contributed by atoms with Crippen molar-refractivity contribution in [3.8, 4) is 11.5 Å². The van der Waals surface area contributed by atoms with E-state index in [2.05, 4.69) is 16.8 Å². The molecule has 4 rings (SSSR count). The van der Waals surface area contributed by atoms with Crippen molar-refractivity contribution in [1.82, 2.24) is 4.90 Å². The normalized spacial score (nSPS) is 25.4. The molecule has 5 nitrogen and oxygen atoms in total. The van der Waals surface area contributed by atoms with Crippen LogP contribution in [0.4, 0.5) is 0 Å². The van der Waals surface area contributed by atoms with E-state index in [1.54, 1.807) is 0 Å². The van der Waals surface area contributed by atoms with E-state index in [-0.39, 0.29) is 12.7 Å². The predicted molar refractivity (Wildman–Crippen MR) is 95.5 cm³/mol. The van der Waals surface area contributed by atoms with Gasteiger partial charge in [-0.15, -0.1) is 0 Å². The van der Waals surface area contributed by atoms with Gasteiger partial charge in [0.2, 0.25) is 6.79 Å². The molecular formula is C18H20N2O3S. The molecule has 6 heteroatoms. The summed E-state index contributed by atoms with van der Waals surface area (Å²) in [5.74, 6) is 1.33. The highest BCUT2D eigenvalue weighted by atomic mass is 32.2. The number of likely N-dealkylation sites (tertiary alicyclic amines) is 1. The Balaban J connectivity index is 1.45. The lowest BCUT2D eigenvalue weighted by Crippen LogP contribution is -2.40. The maximum atomic E-state index is 12.2. The number of carbonyl (C=O) groups excluding carboxylic acids is 1. The van der Waals surface area contributed by atoms with Crippen molar-refractivity contribution in [3.63, 3.8) is 0 Å². The fraction of sp³-hybridized carbons (Fsp3) is 0.444. The van der Waals surface area contributed by atoms with Crippen molar-refractivity contribution < 1.29 is 14.3 Å². The molecule has 3 aliphatic heterocycles. The number of aliphatic imine (C=N–C) groups is 1. The van der Waals surface area contributed by atoms with E-state index in [1.165, 1.54) is 31.0 Å². The number of benzene rings is 1. The number of nitrogens with zero attached hydrogens (tertiary/aromatic N) is 2. The van der Waals surface area contributed by atoms with Crippen molar-refractivity contribution in [3.05, 3.63) is 28.7 Å². The first kappa shape index (κ1) is 15.7. The van der Waals surface area contributed by atoms with Crippen LogP contribution in [0, 0.1) is 0 Å². The molecule has 1 amide bonds. The summed E-state index contributed by atoms with van der Waals surface area (Å²) in [7, 11) is 0. The lowest BCUT2D eigenvalue weighted by molar-refractivity contribution is -0.113. The second-order valence-electron chi connectivity index (χ2n) is 6.35. The third kappa shape index (κ3) is 3.21. The molecule has 3 aliphatic rings. The van der Waals surface area contributed by atoms with Crippen LogP contribution in [0.5, 0.6) is 11.5 Å². The van der Waals surface area contributed by atoms with E-state index in [9.17, 15) is 4.79 Å². The highest BCUT2D eigenvalue weighted by molar-refractivity contribution is 8.18. The summed E-state index contributed by atoms with van der Waals surface area (Å²) >= 11 is 1.49. The van der Waals surface area contributed by atoms with E-state index in [0.29, 0.717) is 10.9 Å². The van der Waals surface area contributed by atoms with E-state index in [4.69, 9.17) is 9.47 Å². The number of thioether (sulfide) groups is 1. The van der Waals surface area contributed by atoms with E-state index < -0.39 is 0 Å². The standard InChI is InChI=1S/C18H20N2O3S/c1-12-4-2-3-7-20(12)10-17-19-18(21)16(24-17)9-13-5-6-14-15(8-13)23-11-22-14/h5-6,8-9,12H,2-4,7,10-11H2,1H3/b16-9+. The first-order valence-electron chi connectivity index (χ1n) is 8.34. The van der Waals surface area contributed by atoms with E-state index >= 15 is 0 Å². The largest absolute Gasteiger partial charge is 0.454 e. The molecule has 1 fully saturated rings. The summed E-state index contributed by atoms with van der Waals surface area (Å²) in [6.07, 6.45) is 5.64. The molecule has 1 saturated heterocycles. The monoisotopic (exact) mass is 344 g/mol. The molecule has 0 aliphatic carbocycles. The Morgan fingerprint density at radius 3 is 3.08 bits per heavy atom. The third-order valence-corrected chi connectivity index (χ3v) is 5.61. The van der Waals surface area contributed by atoms with E-state index in [1.807, 2.05) is 24.3 Å². The van der Waals surface area contributed by atoms with Crippen LogP contribution < -0.4 is 9.47 Å². The molecule has 126 valence electrons. The summed E-state index contributed by atoms with van der Waals surface area (Å²) in [5, 5.41) is 0.903. The second kappa shape index (κ2) is 6.61. The minimum atomic E-state index is -0.141. The van der Waals surface area contributed by atoms with Crippen molar-refractivity contribution in [2.75, 3.05) is 19.9 Å². The van der Waals surface area contributed by atoms with Crippen molar-refractivity contribution >= 4 is 28.8 Å². The Kier molecular flexibility index (Phi) is 4.33. The third-order valence-electron chi connectivity index (χ3n) is 4.64. The molecule has 1 atom stereocenters. The van der Waals surface area contributed by atoms with Crippen LogP contribution in [0.15, 0.2) is 28.1 Å². The van der Waals surface area contributed by atoms with Gasteiger partial charge in [0.05, 0.1) is 9.95 Å². The fourth-order valence-electron chi connectivity index (χ4n) is 3.24. The Morgan fingerprint density at radius 2 is 2.21 bits per heavy atom.